The highest BCUT2D eigenvalue weighted by Gasteiger charge is 2.31. The van der Waals surface area contributed by atoms with Gasteiger partial charge in [-0.2, -0.15) is 0 Å². The Morgan fingerprint density at radius 1 is 1.29 bits per heavy atom. The summed E-state index contributed by atoms with van der Waals surface area (Å²) in [7, 11) is 1.77. The van der Waals surface area contributed by atoms with Crippen molar-refractivity contribution >= 4 is 34.7 Å². The van der Waals surface area contributed by atoms with Gasteiger partial charge in [0, 0.05) is 30.3 Å². The minimum Gasteiger partial charge on any atom is -0.459 e. The molecular weight excluding hydrogens is 428 g/mol. The van der Waals surface area contributed by atoms with Gasteiger partial charge in [-0.05, 0) is 75.0 Å². The SMILES string of the molecule is Cc1c(CN(C)C(=O)/C=C/c2cnc3c(c2)CC[C@@H](N2CCCC2)C(=O)N3)oc2ccccc12. The number of fused-ring (bicyclic) bond motifs is 2. The van der Waals surface area contributed by atoms with E-state index in [0.29, 0.717) is 12.4 Å². The van der Waals surface area contributed by atoms with E-state index >= 15 is 0 Å². The molecule has 1 N–H and O–H groups in total. The Labute approximate surface area is 199 Å². The van der Waals surface area contributed by atoms with Gasteiger partial charge in [0.1, 0.15) is 17.2 Å². The lowest BCUT2D eigenvalue weighted by molar-refractivity contribution is -0.125. The molecule has 0 bridgehead atoms. The lowest BCUT2D eigenvalue weighted by Gasteiger charge is -2.24. The van der Waals surface area contributed by atoms with Crippen molar-refractivity contribution in [2.45, 2.75) is 45.2 Å². The second-order valence-electron chi connectivity index (χ2n) is 9.24. The largest absolute Gasteiger partial charge is 0.459 e. The maximum absolute atomic E-state index is 12.7. The quantitative estimate of drug-likeness (QED) is 0.581. The van der Waals surface area contributed by atoms with Crippen LogP contribution in [0.4, 0.5) is 5.82 Å². The number of likely N-dealkylation sites (N-methyl/N-ethyl adjacent to an activating group) is 1. The van der Waals surface area contributed by atoms with Crippen LogP contribution in [0.1, 0.15) is 41.7 Å². The maximum atomic E-state index is 12.7. The number of para-hydroxylation sites is 1. The topological polar surface area (TPSA) is 78.7 Å². The Morgan fingerprint density at radius 2 is 2.09 bits per heavy atom. The highest BCUT2D eigenvalue weighted by molar-refractivity contribution is 5.96. The van der Waals surface area contributed by atoms with Crippen LogP contribution in [0, 0.1) is 6.92 Å². The Kier molecular flexibility index (Phi) is 6.20. The molecule has 2 amide bonds. The van der Waals surface area contributed by atoms with Gasteiger partial charge >= 0.3 is 0 Å². The number of likely N-dealkylation sites (tertiary alicyclic amines) is 1. The second-order valence-corrected chi connectivity index (χ2v) is 9.24. The van der Waals surface area contributed by atoms with Crippen LogP contribution in [0.5, 0.6) is 0 Å². The summed E-state index contributed by atoms with van der Waals surface area (Å²) in [5.41, 5.74) is 3.75. The first-order chi connectivity index (χ1) is 16.5. The summed E-state index contributed by atoms with van der Waals surface area (Å²) in [5.74, 6) is 1.35. The van der Waals surface area contributed by atoms with Gasteiger partial charge in [-0.1, -0.05) is 18.2 Å². The average molecular weight is 459 g/mol. The van der Waals surface area contributed by atoms with Gasteiger partial charge in [-0.15, -0.1) is 0 Å². The monoisotopic (exact) mass is 458 g/mol. The van der Waals surface area contributed by atoms with E-state index in [1.807, 2.05) is 37.3 Å². The standard InChI is InChI=1S/C27H30N4O3/c1-18-21-7-3-4-8-23(21)34-24(18)17-30(2)25(32)12-9-19-15-20-10-11-22(31-13-5-6-14-31)27(33)29-26(20)28-16-19/h3-4,7-9,12,15-16,22H,5-6,10-11,13-14,17H2,1-2H3,(H,28,29,33)/b12-9+/t22-/m1/s1. The van der Waals surface area contributed by atoms with E-state index in [0.717, 1.165) is 72.2 Å². The summed E-state index contributed by atoms with van der Waals surface area (Å²) in [6.45, 7) is 4.39. The van der Waals surface area contributed by atoms with Crippen molar-refractivity contribution in [2.75, 3.05) is 25.5 Å². The summed E-state index contributed by atoms with van der Waals surface area (Å²) in [4.78, 5) is 33.8. The van der Waals surface area contributed by atoms with Crippen LogP contribution < -0.4 is 5.32 Å². The molecule has 3 aromatic rings. The molecule has 0 saturated carbocycles. The number of amides is 2. The summed E-state index contributed by atoms with van der Waals surface area (Å²) in [6.07, 6.45) is 8.91. The maximum Gasteiger partial charge on any atom is 0.246 e. The van der Waals surface area contributed by atoms with Crippen molar-refractivity contribution in [2.24, 2.45) is 0 Å². The van der Waals surface area contributed by atoms with Crippen LogP contribution in [-0.4, -0.2) is 52.8 Å². The molecule has 0 radical (unpaired) electrons. The molecule has 1 fully saturated rings. The summed E-state index contributed by atoms with van der Waals surface area (Å²) in [6, 6.07) is 9.82. The number of carbonyl (C=O) groups is 2. The molecule has 0 unspecified atom stereocenters. The van der Waals surface area contributed by atoms with Gasteiger partial charge in [0.25, 0.3) is 0 Å². The summed E-state index contributed by atoms with van der Waals surface area (Å²) >= 11 is 0. The number of hydrogen-bond donors (Lipinski definition) is 1. The molecule has 0 aliphatic carbocycles. The van der Waals surface area contributed by atoms with Crippen LogP contribution in [0.15, 0.2) is 47.0 Å². The van der Waals surface area contributed by atoms with Gasteiger partial charge < -0.3 is 14.6 Å². The fourth-order valence-electron chi connectivity index (χ4n) is 4.91. The van der Waals surface area contributed by atoms with Crippen LogP contribution in [-0.2, 0) is 22.6 Å². The van der Waals surface area contributed by atoms with Crippen molar-refractivity contribution in [3.8, 4) is 0 Å². The number of aromatic nitrogens is 1. The molecule has 0 spiro atoms. The van der Waals surface area contributed by atoms with E-state index in [2.05, 4.69) is 15.2 Å². The average Bonchev–Trinajstić information content (AvgIpc) is 3.43. The number of pyridine rings is 1. The van der Waals surface area contributed by atoms with Gasteiger partial charge in [-0.25, -0.2) is 4.98 Å². The van der Waals surface area contributed by atoms with Crippen molar-refractivity contribution < 1.29 is 14.0 Å². The minimum absolute atomic E-state index is 0.0362. The number of benzene rings is 1. The van der Waals surface area contributed by atoms with Crippen molar-refractivity contribution in [3.63, 3.8) is 0 Å². The molecule has 34 heavy (non-hydrogen) atoms. The van der Waals surface area contributed by atoms with E-state index in [1.165, 1.54) is 0 Å². The Hall–Kier alpha value is -3.45. The third kappa shape index (κ3) is 4.48. The molecule has 7 nitrogen and oxygen atoms in total. The van der Waals surface area contributed by atoms with Crippen molar-refractivity contribution in [3.05, 3.63) is 65.1 Å². The van der Waals surface area contributed by atoms with Crippen LogP contribution in [0.25, 0.3) is 17.0 Å². The molecule has 1 atom stereocenters. The first-order valence-corrected chi connectivity index (χ1v) is 11.9. The van der Waals surface area contributed by atoms with Crippen LogP contribution in [0.2, 0.25) is 0 Å². The number of anilines is 1. The molecule has 2 aromatic heterocycles. The van der Waals surface area contributed by atoms with E-state index in [-0.39, 0.29) is 17.9 Å². The minimum atomic E-state index is -0.114. The van der Waals surface area contributed by atoms with Gasteiger partial charge in [0.15, 0.2) is 0 Å². The van der Waals surface area contributed by atoms with Gasteiger partial charge in [-0.3, -0.25) is 14.5 Å². The van der Waals surface area contributed by atoms with Crippen LogP contribution in [0.3, 0.4) is 0 Å². The van der Waals surface area contributed by atoms with E-state index < -0.39 is 0 Å². The highest BCUT2D eigenvalue weighted by Crippen LogP contribution is 2.27. The molecule has 2 aliphatic heterocycles. The molecule has 176 valence electrons. The predicted octanol–water partition coefficient (Wildman–Crippen LogP) is 4.16. The number of rotatable bonds is 5. The molecule has 5 rings (SSSR count). The third-order valence-electron chi connectivity index (χ3n) is 6.92. The molecule has 7 heteroatoms. The lowest BCUT2D eigenvalue weighted by Crippen LogP contribution is -2.41. The fraction of sp³-hybridized carbons (Fsp3) is 0.370. The Balaban J connectivity index is 1.25. The summed E-state index contributed by atoms with van der Waals surface area (Å²) < 4.78 is 5.94. The van der Waals surface area contributed by atoms with Crippen molar-refractivity contribution in [1.82, 2.24) is 14.8 Å². The first-order valence-electron chi connectivity index (χ1n) is 11.9. The van der Waals surface area contributed by atoms with Gasteiger partial charge in [0.05, 0.1) is 12.6 Å². The molecule has 1 aromatic carbocycles. The molecular formula is C27H30N4O3. The number of carbonyl (C=O) groups excluding carboxylic acids is 2. The first kappa shape index (κ1) is 22.3. The van der Waals surface area contributed by atoms with E-state index in [1.54, 1.807) is 30.3 Å². The number of hydrogen-bond acceptors (Lipinski definition) is 5. The smallest absolute Gasteiger partial charge is 0.246 e. The van der Waals surface area contributed by atoms with E-state index in [4.69, 9.17) is 4.42 Å². The number of nitrogens with one attached hydrogen (secondary N) is 1. The highest BCUT2D eigenvalue weighted by atomic mass is 16.3. The van der Waals surface area contributed by atoms with Gasteiger partial charge in [0.2, 0.25) is 11.8 Å². The summed E-state index contributed by atoms with van der Waals surface area (Å²) in [5, 5.41) is 4.07. The molecule has 2 aliphatic rings. The lowest BCUT2D eigenvalue weighted by atomic mass is 10.1. The zero-order valence-corrected chi connectivity index (χ0v) is 19.7. The van der Waals surface area contributed by atoms with Crippen LogP contribution >= 0.6 is 0 Å². The second kappa shape index (κ2) is 9.43. The Morgan fingerprint density at radius 3 is 2.88 bits per heavy atom. The number of furan rings is 1. The van der Waals surface area contributed by atoms with E-state index in [9.17, 15) is 9.59 Å². The number of nitrogens with zero attached hydrogens (tertiary/aromatic N) is 3. The zero-order chi connectivity index (χ0) is 23.7. The number of aryl methyl sites for hydroxylation is 2. The molecule has 1 saturated heterocycles. The van der Waals surface area contributed by atoms with Crippen molar-refractivity contribution in [1.29, 1.82) is 0 Å². The molecule has 4 heterocycles. The fourth-order valence-corrected chi connectivity index (χ4v) is 4.91. The predicted molar refractivity (Wildman–Crippen MR) is 132 cm³/mol. The Bertz CT molecular complexity index is 1260. The third-order valence-corrected chi connectivity index (χ3v) is 6.92. The normalized spacial score (nSPS) is 18.8. The zero-order valence-electron chi connectivity index (χ0n) is 19.7.